The van der Waals surface area contributed by atoms with Crippen LogP contribution in [0.5, 0.6) is 0 Å². The van der Waals surface area contributed by atoms with E-state index in [1.165, 1.54) is 0 Å². The molecule has 5 nitrogen and oxygen atoms in total. The topological polar surface area (TPSA) is 52.2 Å². The van der Waals surface area contributed by atoms with E-state index in [1.807, 2.05) is 40.1 Å². The van der Waals surface area contributed by atoms with Gasteiger partial charge in [-0.1, -0.05) is 30.3 Å². The van der Waals surface area contributed by atoms with Crippen molar-refractivity contribution in [2.45, 2.75) is 37.5 Å². The Morgan fingerprint density at radius 2 is 2.08 bits per heavy atom. The molecule has 4 rings (SSSR count). The first-order valence-corrected chi connectivity index (χ1v) is 8.97. The van der Waals surface area contributed by atoms with E-state index in [-0.39, 0.29) is 11.9 Å². The molecule has 0 aliphatic carbocycles. The van der Waals surface area contributed by atoms with Crippen molar-refractivity contribution < 1.29 is 9.18 Å². The lowest BCUT2D eigenvalue weighted by atomic mass is 10.0. The highest BCUT2D eigenvalue weighted by Crippen LogP contribution is 2.35. The van der Waals surface area contributed by atoms with Crippen LogP contribution in [0.1, 0.15) is 42.7 Å². The second-order valence-corrected chi connectivity index (χ2v) is 6.86. The van der Waals surface area contributed by atoms with Crippen LogP contribution >= 0.6 is 0 Å². The van der Waals surface area contributed by atoms with Crippen molar-refractivity contribution in [1.29, 1.82) is 0 Å². The molecule has 1 unspecified atom stereocenters. The number of halogens is 1. The summed E-state index contributed by atoms with van der Waals surface area (Å²) < 4.78 is 13.8. The number of nitrogens with one attached hydrogen (secondary N) is 1. The summed E-state index contributed by atoms with van der Waals surface area (Å²) in [6, 6.07) is 9.31. The highest BCUT2D eigenvalue weighted by Gasteiger charge is 2.40. The number of benzene rings is 1. The Bertz CT molecular complexity index is 705. The number of nitrogens with zero attached hydrogens (tertiary/aromatic N) is 3. The number of carbonyl (C=O) groups excluding carboxylic acids is 1. The average Bonchev–Trinajstić information content (AvgIpc) is 3.37. The Morgan fingerprint density at radius 1 is 1.24 bits per heavy atom. The molecule has 2 aromatic rings. The van der Waals surface area contributed by atoms with E-state index in [2.05, 4.69) is 9.97 Å². The molecule has 25 heavy (non-hydrogen) atoms. The van der Waals surface area contributed by atoms with Crippen LogP contribution < -0.4 is 0 Å². The molecule has 1 aromatic carbocycles. The minimum Gasteiger partial charge on any atom is -0.347 e. The van der Waals surface area contributed by atoms with E-state index in [4.69, 9.17) is 0 Å². The molecule has 3 atom stereocenters. The predicted octanol–water partition coefficient (Wildman–Crippen LogP) is 2.86. The standard InChI is InChI=1S/C19H23FN4O/c20-15-8-12-23(13-15)17(14-5-2-1-3-6-14)19(25)24-11-4-7-16(24)18-21-9-10-22-18/h1-3,5-6,9-10,15-17H,4,7-8,11-13H2,(H,21,22)/t15-,16-,17?/m0/s1. The molecule has 2 aliphatic heterocycles. The smallest absolute Gasteiger partial charge is 0.245 e. The number of hydrogen-bond donors (Lipinski definition) is 1. The number of hydrogen-bond acceptors (Lipinski definition) is 3. The van der Waals surface area contributed by atoms with Gasteiger partial charge in [0.15, 0.2) is 0 Å². The van der Waals surface area contributed by atoms with Gasteiger partial charge in [0.1, 0.15) is 18.0 Å². The number of likely N-dealkylation sites (tertiary alicyclic amines) is 2. The second kappa shape index (κ2) is 6.96. The van der Waals surface area contributed by atoms with E-state index in [9.17, 15) is 9.18 Å². The first kappa shape index (κ1) is 16.3. The molecule has 1 N–H and O–H groups in total. The van der Waals surface area contributed by atoms with E-state index in [0.717, 1.165) is 30.8 Å². The third-order valence-electron chi connectivity index (χ3n) is 5.25. The molecular formula is C19H23FN4O. The van der Waals surface area contributed by atoms with Crippen molar-refractivity contribution in [2.75, 3.05) is 19.6 Å². The van der Waals surface area contributed by atoms with Gasteiger partial charge in [-0.15, -0.1) is 0 Å². The normalized spacial score (nSPS) is 25.4. The second-order valence-electron chi connectivity index (χ2n) is 6.86. The maximum absolute atomic E-state index is 13.8. The van der Waals surface area contributed by atoms with Crippen LogP contribution in [0.15, 0.2) is 42.7 Å². The van der Waals surface area contributed by atoms with Crippen LogP contribution in [0, 0.1) is 0 Å². The van der Waals surface area contributed by atoms with Gasteiger partial charge < -0.3 is 9.88 Å². The Labute approximate surface area is 146 Å². The summed E-state index contributed by atoms with van der Waals surface area (Å²) in [5.74, 6) is 0.890. The fourth-order valence-corrected chi connectivity index (χ4v) is 4.05. The van der Waals surface area contributed by atoms with Gasteiger partial charge in [0.05, 0.1) is 6.04 Å². The minimum absolute atomic E-state index is 0.0162. The number of aromatic amines is 1. The van der Waals surface area contributed by atoms with E-state index in [0.29, 0.717) is 19.5 Å². The van der Waals surface area contributed by atoms with Gasteiger partial charge in [-0.05, 0) is 24.8 Å². The zero-order valence-corrected chi connectivity index (χ0v) is 14.1. The lowest BCUT2D eigenvalue weighted by Crippen LogP contribution is -2.42. The molecule has 132 valence electrons. The SMILES string of the molecule is O=C(C(c1ccccc1)N1CC[C@H](F)C1)N1CCC[C@H]1c1ncc[nH]1. The summed E-state index contributed by atoms with van der Waals surface area (Å²) in [6.07, 6.45) is 5.03. The van der Waals surface area contributed by atoms with Crippen LogP contribution in [0.25, 0.3) is 0 Å². The largest absolute Gasteiger partial charge is 0.347 e. The number of aromatic nitrogens is 2. The van der Waals surface area contributed by atoms with Crippen molar-refractivity contribution in [2.24, 2.45) is 0 Å². The number of H-pyrrole nitrogens is 1. The molecule has 2 fully saturated rings. The number of rotatable bonds is 4. The van der Waals surface area contributed by atoms with Gasteiger partial charge in [0.2, 0.25) is 5.91 Å². The van der Waals surface area contributed by atoms with Crippen LogP contribution in [-0.2, 0) is 4.79 Å². The monoisotopic (exact) mass is 342 g/mol. The fraction of sp³-hybridized carbons (Fsp3) is 0.474. The zero-order valence-electron chi connectivity index (χ0n) is 14.1. The highest BCUT2D eigenvalue weighted by molar-refractivity contribution is 5.84. The lowest BCUT2D eigenvalue weighted by molar-refractivity contribution is -0.138. The molecule has 1 amide bonds. The van der Waals surface area contributed by atoms with E-state index >= 15 is 0 Å². The Hall–Kier alpha value is -2.21. The number of amides is 1. The summed E-state index contributed by atoms with van der Waals surface area (Å²) in [4.78, 5) is 24.9. The van der Waals surface area contributed by atoms with Crippen molar-refractivity contribution in [1.82, 2.24) is 19.8 Å². The van der Waals surface area contributed by atoms with Crippen molar-refractivity contribution in [3.63, 3.8) is 0 Å². The lowest BCUT2D eigenvalue weighted by Gasteiger charge is -2.33. The van der Waals surface area contributed by atoms with Gasteiger partial charge in [0.25, 0.3) is 0 Å². The van der Waals surface area contributed by atoms with E-state index in [1.54, 1.807) is 12.4 Å². The quantitative estimate of drug-likeness (QED) is 0.930. The van der Waals surface area contributed by atoms with Gasteiger partial charge in [-0.25, -0.2) is 9.37 Å². The zero-order chi connectivity index (χ0) is 17.2. The average molecular weight is 342 g/mol. The fourth-order valence-electron chi connectivity index (χ4n) is 4.05. The number of alkyl halides is 1. The van der Waals surface area contributed by atoms with Crippen molar-refractivity contribution >= 4 is 5.91 Å². The molecule has 1 aromatic heterocycles. The van der Waals surface area contributed by atoms with Crippen LogP contribution in [0.3, 0.4) is 0 Å². The molecular weight excluding hydrogens is 319 g/mol. The van der Waals surface area contributed by atoms with Gasteiger partial charge >= 0.3 is 0 Å². The molecule has 2 saturated heterocycles. The van der Waals surface area contributed by atoms with E-state index < -0.39 is 12.2 Å². The Morgan fingerprint density at radius 3 is 2.76 bits per heavy atom. The maximum Gasteiger partial charge on any atom is 0.245 e. The maximum atomic E-state index is 13.8. The first-order valence-electron chi connectivity index (χ1n) is 8.97. The Kier molecular flexibility index (Phi) is 4.53. The van der Waals surface area contributed by atoms with Crippen molar-refractivity contribution in [3.8, 4) is 0 Å². The third-order valence-corrected chi connectivity index (χ3v) is 5.25. The summed E-state index contributed by atoms with van der Waals surface area (Å²) in [6.45, 7) is 1.66. The minimum atomic E-state index is -0.849. The molecule has 0 bridgehead atoms. The first-order chi connectivity index (χ1) is 12.2. The number of imidazole rings is 1. The van der Waals surface area contributed by atoms with Crippen molar-refractivity contribution in [3.05, 3.63) is 54.1 Å². The molecule has 6 heteroatoms. The van der Waals surface area contributed by atoms with Gasteiger partial charge in [-0.2, -0.15) is 0 Å². The third kappa shape index (κ3) is 3.18. The van der Waals surface area contributed by atoms with Crippen LogP contribution in [0.2, 0.25) is 0 Å². The summed E-state index contributed by atoms with van der Waals surface area (Å²) in [5, 5.41) is 0. The molecule has 3 heterocycles. The van der Waals surface area contributed by atoms with Crippen LogP contribution in [-0.4, -0.2) is 51.5 Å². The molecule has 2 aliphatic rings. The summed E-state index contributed by atoms with van der Waals surface area (Å²) in [7, 11) is 0. The Balaban J connectivity index is 1.63. The summed E-state index contributed by atoms with van der Waals surface area (Å²) in [5.41, 5.74) is 0.937. The number of carbonyl (C=O) groups is 1. The molecule has 0 radical (unpaired) electrons. The van der Waals surface area contributed by atoms with Gasteiger partial charge in [0, 0.05) is 32.0 Å². The summed E-state index contributed by atoms with van der Waals surface area (Å²) >= 11 is 0. The van der Waals surface area contributed by atoms with Gasteiger partial charge in [-0.3, -0.25) is 9.69 Å². The molecule has 0 saturated carbocycles. The predicted molar refractivity (Wildman–Crippen MR) is 92.5 cm³/mol. The highest BCUT2D eigenvalue weighted by atomic mass is 19.1. The molecule has 0 spiro atoms. The van der Waals surface area contributed by atoms with Crippen LogP contribution in [0.4, 0.5) is 4.39 Å².